The SMILES string of the molecule is COc1ccc(C#N)cc1CNCCc1ccc(Br)s1. The lowest BCUT2D eigenvalue weighted by Crippen LogP contribution is -2.16. The number of nitrogens with one attached hydrogen (secondary N) is 1. The summed E-state index contributed by atoms with van der Waals surface area (Å²) in [7, 11) is 1.65. The Kier molecular flexibility index (Phi) is 5.60. The zero-order chi connectivity index (χ0) is 14.4. The van der Waals surface area contributed by atoms with E-state index in [1.165, 1.54) is 4.88 Å². The summed E-state index contributed by atoms with van der Waals surface area (Å²) in [6.45, 7) is 1.60. The lowest BCUT2D eigenvalue weighted by molar-refractivity contribution is 0.408. The van der Waals surface area contributed by atoms with Crippen LogP contribution in [0.2, 0.25) is 0 Å². The summed E-state index contributed by atoms with van der Waals surface area (Å²) in [6, 6.07) is 11.8. The maximum absolute atomic E-state index is 8.93. The van der Waals surface area contributed by atoms with Crippen molar-refractivity contribution in [1.82, 2.24) is 5.32 Å². The van der Waals surface area contributed by atoms with Crippen LogP contribution in [0.5, 0.6) is 5.75 Å². The van der Waals surface area contributed by atoms with Gasteiger partial charge in [-0.05, 0) is 52.7 Å². The highest BCUT2D eigenvalue weighted by atomic mass is 79.9. The first-order valence-electron chi connectivity index (χ1n) is 6.25. The highest BCUT2D eigenvalue weighted by Crippen LogP contribution is 2.22. The van der Waals surface area contributed by atoms with Crippen LogP contribution < -0.4 is 10.1 Å². The van der Waals surface area contributed by atoms with Gasteiger partial charge in [0.25, 0.3) is 0 Å². The molecule has 0 amide bonds. The summed E-state index contributed by atoms with van der Waals surface area (Å²) < 4.78 is 6.47. The van der Waals surface area contributed by atoms with E-state index in [9.17, 15) is 0 Å². The van der Waals surface area contributed by atoms with Crippen LogP contribution in [0.1, 0.15) is 16.0 Å². The summed E-state index contributed by atoms with van der Waals surface area (Å²) in [6.07, 6.45) is 0.997. The van der Waals surface area contributed by atoms with E-state index in [2.05, 4.69) is 39.4 Å². The number of rotatable bonds is 6. The Morgan fingerprint density at radius 1 is 1.35 bits per heavy atom. The van der Waals surface area contributed by atoms with Crippen LogP contribution in [-0.4, -0.2) is 13.7 Å². The fraction of sp³-hybridized carbons (Fsp3) is 0.267. The molecule has 0 saturated carbocycles. The highest BCUT2D eigenvalue weighted by Gasteiger charge is 2.04. The van der Waals surface area contributed by atoms with Crippen molar-refractivity contribution in [2.75, 3.05) is 13.7 Å². The van der Waals surface area contributed by atoms with Crippen LogP contribution in [0.4, 0.5) is 0 Å². The molecule has 1 heterocycles. The molecule has 20 heavy (non-hydrogen) atoms. The van der Waals surface area contributed by atoms with Gasteiger partial charge in [0, 0.05) is 23.5 Å². The second-order valence-corrected chi connectivity index (χ2v) is 6.82. The zero-order valence-electron chi connectivity index (χ0n) is 11.1. The molecule has 0 bridgehead atoms. The van der Waals surface area contributed by atoms with Crippen LogP contribution in [0.3, 0.4) is 0 Å². The average molecular weight is 351 g/mol. The van der Waals surface area contributed by atoms with Gasteiger partial charge in [-0.25, -0.2) is 0 Å². The topological polar surface area (TPSA) is 45.0 Å². The number of halogens is 1. The number of methoxy groups -OCH3 is 1. The monoisotopic (exact) mass is 350 g/mol. The fourth-order valence-corrected chi connectivity index (χ4v) is 3.39. The van der Waals surface area contributed by atoms with E-state index in [1.807, 2.05) is 12.1 Å². The van der Waals surface area contributed by atoms with Crippen molar-refractivity contribution in [2.45, 2.75) is 13.0 Å². The molecule has 0 atom stereocenters. The van der Waals surface area contributed by atoms with Gasteiger partial charge in [-0.2, -0.15) is 5.26 Å². The van der Waals surface area contributed by atoms with E-state index >= 15 is 0 Å². The molecule has 0 radical (unpaired) electrons. The second-order valence-electron chi connectivity index (χ2n) is 4.27. The Balaban J connectivity index is 1.88. The Morgan fingerprint density at radius 2 is 2.20 bits per heavy atom. The molecule has 1 N–H and O–H groups in total. The molecule has 3 nitrogen and oxygen atoms in total. The molecule has 2 rings (SSSR count). The first-order chi connectivity index (χ1) is 9.72. The molecular weight excluding hydrogens is 336 g/mol. The highest BCUT2D eigenvalue weighted by molar-refractivity contribution is 9.11. The Hall–Kier alpha value is -1.35. The predicted octanol–water partition coefficient (Wildman–Crippen LogP) is 3.72. The molecule has 0 spiro atoms. The molecule has 0 saturated heterocycles. The van der Waals surface area contributed by atoms with Crippen molar-refractivity contribution < 1.29 is 4.74 Å². The van der Waals surface area contributed by atoms with E-state index in [0.717, 1.165) is 28.1 Å². The van der Waals surface area contributed by atoms with Gasteiger partial charge in [-0.15, -0.1) is 11.3 Å². The number of benzene rings is 1. The predicted molar refractivity (Wildman–Crippen MR) is 85.1 cm³/mol. The molecule has 0 aliphatic heterocycles. The minimum atomic E-state index is 0.657. The molecule has 1 aromatic heterocycles. The molecule has 1 aromatic carbocycles. The normalized spacial score (nSPS) is 10.2. The van der Waals surface area contributed by atoms with E-state index < -0.39 is 0 Å². The lowest BCUT2D eigenvalue weighted by atomic mass is 10.1. The van der Waals surface area contributed by atoms with Gasteiger partial charge in [-0.1, -0.05) is 0 Å². The van der Waals surface area contributed by atoms with Gasteiger partial charge in [0.15, 0.2) is 0 Å². The van der Waals surface area contributed by atoms with Gasteiger partial charge < -0.3 is 10.1 Å². The second kappa shape index (κ2) is 7.44. The van der Waals surface area contributed by atoms with Crippen molar-refractivity contribution >= 4 is 27.3 Å². The molecule has 104 valence electrons. The minimum absolute atomic E-state index is 0.657. The Morgan fingerprint density at radius 3 is 2.85 bits per heavy atom. The van der Waals surface area contributed by atoms with Gasteiger partial charge in [0.1, 0.15) is 5.75 Å². The summed E-state index contributed by atoms with van der Waals surface area (Å²) in [4.78, 5) is 1.35. The number of thiophene rings is 1. The molecule has 0 unspecified atom stereocenters. The maximum atomic E-state index is 8.93. The molecule has 2 aromatic rings. The minimum Gasteiger partial charge on any atom is -0.496 e. The van der Waals surface area contributed by atoms with E-state index in [1.54, 1.807) is 24.5 Å². The molecule has 0 aliphatic carbocycles. The quantitative estimate of drug-likeness (QED) is 0.807. The number of nitrogens with zero attached hydrogens (tertiary/aromatic N) is 1. The van der Waals surface area contributed by atoms with Gasteiger partial charge >= 0.3 is 0 Å². The van der Waals surface area contributed by atoms with Crippen molar-refractivity contribution in [1.29, 1.82) is 5.26 Å². The molecular formula is C15H15BrN2OS. The Bertz CT molecular complexity index is 619. The van der Waals surface area contributed by atoms with Crippen molar-refractivity contribution in [3.63, 3.8) is 0 Å². The maximum Gasteiger partial charge on any atom is 0.123 e. The largest absolute Gasteiger partial charge is 0.496 e. The average Bonchev–Trinajstić information content (AvgIpc) is 2.89. The summed E-state index contributed by atoms with van der Waals surface area (Å²) in [5.74, 6) is 0.815. The summed E-state index contributed by atoms with van der Waals surface area (Å²) in [5, 5.41) is 12.3. The third-order valence-electron chi connectivity index (χ3n) is 2.90. The fourth-order valence-electron chi connectivity index (χ4n) is 1.91. The molecule has 5 heteroatoms. The van der Waals surface area contributed by atoms with E-state index in [-0.39, 0.29) is 0 Å². The summed E-state index contributed by atoms with van der Waals surface area (Å²) >= 11 is 5.22. The van der Waals surface area contributed by atoms with Crippen LogP contribution in [0, 0.1) is 11.3 Å². The molecule has 0 aliphatic rings. The summed E-state index contributed by atoms with van der Waals surface area (Å²) in [5.41, 5.74) is 1.67. The molecule has 0 fully saturated rings. The lowest BCUT2D eigenvalue weighted by Gasteiger charge is -2.09. The number of nitriles is 1. The third-order valence-corrected chi connectivity index (χ3v) is 4.59. The number of hydrogen-bond donors (Lipinski definition) is 1. The smallest absolute Gasteiger partial charge is 0.123 e. The van der Waals surface area contributed by atoms with Crippen molar-refractivity contribution in [3.8, 4) is 11.8 Å². The third kappa shape index (κ3) is 4.07. The number of hydrogen-bond acceptors (Lipinski definition) is 4. The first-order valence-corrected chi connectivity index (χ1v) is 7.86. The van der Waals surface area contributed by atoms with E-state index in [4.69, 9.17) is 10.00 Å². The van der Waals surface area contributed by atoms with Crippen LogP contribution in [-0.2, 0) is 13.0 Å². The number of ether oxygens (including phenoxy) is 1. The zero-order valence-corrected chi connectivity index (χ0v) is 13.6. The van der Waals surface area contributed by atoms with E-state index in [0.29, 0.717) is 12.1 Å². The van der Waals surface area contributed by atoms with Crippen LogP contribution in [0.15, 0.2) is 34.1 Å². The van der Waals surface area contributed by atoms with Crippen LogP contribution >= 0.6 is 27.3 Å². The van der Waals surface area contributed by atoms with Crippen molar-refractivity contribution in [2.24, 2.45) is 0 Å². The van der Waals surface area contributed by atoms with Gasteiger partial charge in [0.2, 0.25) is 0 Å². The van der Waals surface area contributed by atoms with Gasteiger partial charge in [-0.3, -0.25) is 0 Å². The standard InChI is InChI=1S/C15H15BrN2OS/c1-19-14-4-2-11(9-17)8-12(14)10-18-7-6-13-3-5-15(16)20-13/h2-5,8,18H,6-7,10H2,1H3. The van der Waals surface area contributed by atoms with Crippen LogP contribution in [0.25, 0.3) is 0 Å². The first kappa shape index (κ1) is 15.0. The van der Waals surface area contributed by atoms with Gasteiger partial charge in [0.05, 0.1) is 22.5 Å². The van der Waals surface area contributed by atoms with Crippen molar-refractivity contribution in [3.05, 3.63) is 50.1 Å². The Labute approximate surface area is 131 Å².